The lowest BCUT2D eigenvalue weighted by atomic mass is 10.4. The van der Waals surface area contributed by atoms with E-state index in [4.69, 9.17) is 16.3 Å². The first-order chi connectivity index (χ1) is 9.10. The number of rotatable bonds is 4. The molecule has 0 saturated heterocycles. The fourth-order valence-electron chi connectivity index (χ4n) is 1.66. The standard InChI is InChI=1S/C12H14ClN3O2S/c1-3-18-12(17)11-8(2)15-10(19-11)6-16-5-9(13)4-14-7-16/h4-5H,3,6-7H2,1-2H3. The van der Waals surface area contributed by atoms with E-state index in [1.807, 2.05) is 18.0 Å². The molecule has 0 radical (unpaired) electrons. The summed E-state index contributed by atoms with van der Waals surface area (Å²) in [6.07, 6.45) is 3.44. The lowest BCUT2D eigenvalue weighted by Crippen LogP contribution is -2.19. The zero-order valence-electron chi connectivity index (χ0n) is 10.7. The summed E-state index contributed by atoms with van der Waals surface area (Å²) in [6.45, 7) is 5.09. The molecule has 0 aromatic carbocycles. The number of hydrogen-bond donors (Lipinski definition) is 0. The molecule has 1 aromatic rings. The van der Waals surface area contributed by atoms with Crippen LogP contribution in [0.5, 0.6) is 0 Å². The fraction of sp³-hybridized carbons (Fsp3) is 0.417. The van der Waals surface area contributed by atoms with Gasteiger partial charge >= 0.3 is 5.97 Å². The van der Waals surface area contributed by atoms with Crippen LogP contribution in [0.15, 0.2) is 16.2 Å². The van der Waals surface area contributed by atoms with Crippen molar-refractivity contribution in [1.29, 1.82) is 0 Å². The number of aryl methyl sites for hydroxylation is 1. The highest BCUT2D eigenvalue weighted by Gasteiger charge is 2.17. The van der Waals surface area contributed by atoms with Crippen LogP contribution < -0.4 is 0 Å². The van der Waals surface area contributed by atoms with E-state index in [2.05, 4.69) is 9.98 Å². The second-order valence-corrected chi connectivity index (χ2v) is 5.48. The maximum Gasteiger partial charge on any atom is 0.350 e. The SMILES string of the molecule is CCOC(=O)c1sc(CN2C=C(Cl)C=NC2)nc1C. The van der Waals surface area contributed by atoms with Gasteiger partial charge < -0.3 is 9.64 Å². The zero-order chi connectivity index (χ0) is 13.8. The van der Waals surface area contributed by atoms with Crippen molar-refractivity contribution in [3.05, 3.63) is 26.8 Å². The smallest absolute Gasteiger partial charge is 0.350 e. The highest BCUT2D eigenvalue weighted by molar-refractivity contribution is 7.13. The van der Waals surface area contributed by atoms with E-state index in [1.54, 1.807) is 13.1 Å². The molecule has 5 nitrogen and oxygen atoms in total. The Hall–Kier alpha value is -1.40. The average molecular weight is 300 g/mol. The topological polar surface area (TPSA) is 54.8 Å². The van der Waals surface area contributed by atoms with Crippen molar-refractivity contribution < 1.29 is 9.53 Å². The molecular weight excluding hydrogens is 286 g/mol. The number of thiazole rings is 1. The molecule has 7 heteroatoms. The van der Waals surface area contributed by atoms with E-state index in [-0.39, 0.29) is 5.97 Å². The Morgan fingerprint density at radius 2 is 2.42 bits per heavy atom. The Bertz CT molecular complexity index is 539. The van der Waals surface area contributed by atoms with Crippen molar-refractivity contribution in [1.82, 2.24) is 9.88 Å². The van der Waals surface area contributed by atoms with Gasteiger partial charge in [-0.25, -0.2) is 9.78 Å². The van der Waals surface area contributed by atoms with Gasteiger partial charge in [0.05, 0.1) is 23.9 Å². The normalized spacial score (nSPS) is 14.5. The number of halogens is 1. The third kappa shape index (κ3) is 3.54. The molecule has 0 saturated carbocycles. The van der Waals surface area contributed by atoms with Gasteiger partial charge in [0.2, 0.25) is 0 Å². The first-order valence-electron chi connectivity index (χ1n) is 5.84. The van der Waals surface area contributed by atoms with E-state index < -0.39 is 0 Å². The molecule has 0 spiro atoms. The number of aliphatic imine (C=N–C) groups is 1. The average Bonchev–Trinajstić information content (AvgIpc) is 2.70. The molecule has 102 valence electrons. The maximum atomic E-state index is 11.7. The molecule has 0 bridgehead atoms. The highest BCUT2D eigenvalue weighted by atomic mass is 35.5. The van der Waals surface area contributed by atoms with Crippen molar-refractivity contribution in [3.8, 4) is 0 Å². The molecule has 0 amide bonds. The lowest BCUT2D eigenvalue weighted by Gasteiger charge is -2.19. The third-order valence-corrected chi connectivity index (χ3v) is 3.74. The van der Waals surface area contributed by atoms with Gasteiger partial charge in [-0.15, -0.1) is 11.3 Å². The molecule has 1 aliphatic rings. The van der Waals surface area contributed by atoms with E-state index in [0.29, 0.717) is 35.4 Å². The van der Waals surface area contributed by atoms with Gasteiger partial charge in [-0.3, -0.25) is 4.99 Å². The Labute approximate surface area is 120 Å². The fourth-order valence-corrected chi connectivity index (χ4v) is 2.85. The Balaban J connectivity index is 2.08. The summed E-state index contributed by atoms with van der Waals surface area (Å²) in [4.78, 5) is 22.7. The van der Waals surface area contributed by atoms with Crippen LogP contribution in [0, 0.1) is 6.92 Å². The first kappa shape index (κ1) is 14.0. The van der Waals surface area contributed by atoms with Gasteiger partial charge in [-0.05, 0) is 13.8 Å². The molecule has 2 heterocycles. The molecular formula is C12H14ClN3O2S. The summed E-state index contributed by atoms with van der Waals surface area (Å²) in [5.74, 6) is -0.311. The number of hydrogen-bond acceptors (Lipinski definition) is 6. The van der Waals surface area contributed by atoms with Crippen LogP contribution in [0.25, 0.3) is 0 Å². The van der Waals surface area contributed by atoms with Gasteiger partial charge in [0, 0.05) is 12.4 Å². The minimum atomic E-state index is -0.311. The van der Waals surface area contributed by atoms with Crippen molar-refractivity contribution in [2.24, 2.45) is 4.99 Å². The summed E-state index contributed by atoms with van der Waals surface area (Å²) >= 11 is 7.24. The van der Waals surface area contributed by atoms with Crippen molar-refractivity contribution in [2.75, 3.05) is 13.3 Å². The van der Waals surface area contributed by atoms with Crippen LogP contribution in [0.1, 0.15) is 27.3 Å². The number of ether oxygens (including phenoxy) is 1. The predicted molar refractivity (Wildman–Crippen MR) is 75.6 cm³/mol. The highest BCUT2D eigenvalue weighted by Crippen LogP contribution is 2.21. The largest absolute Gasteiger partial charge is 0.462 e. The molecule has 0 fully saturated rings. The second kappa shape index (κ2) is 6.16. The van der Waals surface area contributed by atoms with E-state index in [0.717, 1.165) is 5.01 Å². The number of carbonyl (C=O) groups is 1. The molecule has 0 aliphatic carbocycles. The maximum absolute atomic E-state index is 11.7. The molecule has 1 aliphatic heterocycles. The third-order valence-electron chi connectivity index (χ3n) is 2.42. The second-order valence-electron chi connectivity index (χ2n) is 3.96. The van der Waals surface area contributed by atoms with E-state index >= 15 is 0 Å². The van der Waals surface area contributed by atoms with Gasteiger partial charge in [-0.1, -0.05) is 11.6 Å². The Morgan fingerprint density at radius 1 is 1.63 bits per heavy atom. The minimum Gasteiger partial charge on any atom is -0.462 e. The van der Waals surface area contributed by atoms with Crippen molar-refractivity contribution in [3.63, 3.8) is 0 Å². The van der Waals surface area contributed by atoms with Crippen molar-refractivity contribution >= 4 is 35.1 Å². The monoisotopic (exact) mass is 299 g/mol. The van der Waals surface area contributed by atoms with E-state index in [9.17, 15) is 4.79 Å². The Morgan fingerprint density at radius 3 is 3.11 bits per heavy atom. The minimum absolute atomic E-state index is 0.311. The number of nitrogens with zero attached hydrogens (tertiary/aromatic N) is 3. The first-order valence-corrected chi connectivity index (χ1v) is 7.04. The molecule has 19 heavy (non-hydrogen) atoms. The van der Waals surface area contributed by atoms with Crippen LogP contribution >= 0.6 is 22.9 Å². The van der Waals surface area contributed by atoms with Gasteiger partial charge in [-0.2, -0.15) is 0 Å². The zero-order valence-corrected chi connectivity index (χ0v) is 12.3. The number of carbonyl (C=O) groups excluding carboxylic acids is 1. The summed E-state index contributed by atoms with van der Waals surface area (Å²) in [6, 6.07) is 0. The quantitative estimate of drug-likeness (QED) is 0.802. The van der Waals surface area contributed by atoms with E-state index in [1.165, 1.54) is 11.3 Å². The van der Waals surface area contributed by atoms with Crippen LogP contribution in [-0.4, -0.2) is 35.3 Å². The molecule has 0 atom stereocenters. The number of esters is 1. The van der Waals surface area contributed by atoms with Crippen LogP contribution in [-0.2, 0) is 11.3 Å². The molecule has 0 N–H and O–H groups in total. The molecule has 0 unspecified atom stereocenters. The molecule has 2 rings (SSSR count). The Kier molecular flexibility index (Phi) is 4.55. The number of aromatic nitrogens is 1. The molecule has 1 aromatic heterocycles. The lowest BCUT2D eigenvalue weighted by molar-refractivity contribution is 0.0531. The van der Waals surface area contributed by atoms with Crippen molar-refractivity contribution in [2.45, 2.75) is 20.4 Å². The summed E-state index contributed by atoms with van der Waals surface area (Å²) in [7, 11) is 0. The van der Waals surface area contributed by atoms with Crippen LogP contribution in [0.4, 0.5) is 0 Å². The predicted octanol–water partition coefficient (Wildman–Crippen LogP) is 2.55. The number of allylic oxidation sites excluding steroid dienone is 1. The van der Waals surface area contributed by atoms with Gasteiger partial charge in [0.15, 0.2) is 0 Å². The van der Waals surface area contributed by atoms with Crippen LogP contribution in [0.3, 0.4) is 0 Å². The summed E-state index contributed by atoms with van der Waals surface area (Å²) < 4.78 is 4.99. The summed E-state index contributed by atoms with van der Waals surface area (Å²) in [5.41, 5.74) is 0.703. The summed E-state index contributed by atoms with van der Waals surface area (Å²) in [5, 5.41) is 1.43. The van der Waals surface area contributed by atoms with Crippen LogP contribution in [0.2, 0.25) is 0 Å². The van der Waals surface area contributed by atoms with Gasteiger partial charge in [0.25, 0.3) is 0 Å². The van der Waals surface area contributed by atoms with Gasteiger partial charge in [0.1, 0.15) is 16.6 Å².